The first-order valence-electron chi connectivity index (χ1n) is 3.22. The quantitative estimate of drug-likeness (QED) is 0.552. The molecule has 1 aliphatic rings. The maximum absolute atomic E-state index is 5.53. The third kappa shape index (κ3) is 0.946. The third-order valence-corrected chi connectivity index (χ3v) is 1.58. The zero-order valence-corrected chi connectivity index (χ0v) is 5.83. The van der Waals surface area contributed by atoms with Crippen molar-refractivity contribution in [1.82, 2.24) is 0 Å². The van der Waals surface area contributed by atoms with Gasteiger partial charge in [0.25, 0.3) is 0 Å². The van der Waals surface area contributed by atoms with Crippen LogP contribution in [0.4, 0.5) is 0 Å². The van der Waals surface area contributed by atoms with Gasteiger partial charge in [-0.1, -0.05) is 0 Å². The largest absolute Gasteiger partial charge is 0.454 e. The molecular weight excluding hydrogens is 140 g/mol. The lowest BCUT2D eigenvalue weighted by molar-refractivity contribution is 0.174. The fourth-order valence-corrected chi connectivity index (χ4v) is 0.973. The van der Waals surface area contributed by atoms with Crippen LogP contribution in [0, 0.1) is 13.8 Å². The summed E-state index contributed by atoms with van der Waals surface area (Å²) in [7, 11) is 0. The lowest BCUT2D eigenvalue weighted by atomic mass is 10.1. The summed E-state index contributed by atoms with van der Waals surface area (Å²) in [6.07, 6.45) is 0. The molecule has 0 aromatic heterocycles. The van der Waals surface area contributed by atoms with Gasteiger partial charge in [-0.15, -0.1) is 0 Å². The molecule has 54 valence electrons. The summed E-state index contributed by atoms with van der Waals surface area (Å²) in [6, 6.07) is 3.33. The van der Waals surface area contributed by atoms with Gasteiger partial charge in [-0.3, -0.25) is 0 Å². The number of hydrogen-bond donors (Lipinski definition) is 0. The van der Waals surface area contributed by atoms with Gasteiger partial charge in [-0.05, 0) is 37.1 Å². The Bertz CT molecular complexity index is 263. The number of rotatable bonds is 0. The number of ether oxygens (including phenoxy) is 2. The van der Waals surface area contributed by atoms with E-state index < -0.39 is 0 Å². The SMILES string of the molecule is [CH]c1cc2c(cc1[CH])OCO2. The Morgan fingerprint density at radius 2 is 1.45 bits per heavy atom. The molecule has 2 rings (SSSR count). The molecule has 2 heteroatoms. The highest BCUT2D eigenvalue weighted by Crippen LogP contribution is 2.33. The van der Waals surface area contributed by atoms with Crippen LogP contribution in [0.15, 0.2) is 12.1 Å². The smallest absolute Gasteiger partial charge is 0.231 e. The van der Waals surface area contributed by atoms with Crippen LogP contribution >= 0.6 is 0 Å². The standard InChI is InChI=1S/C9H6O2/c1-6-3-8-9(4-7(6)2)11-5-10-8/h1-4H,5H2. The van der Waals surface area contributed by atoms with Crippen LogP contribution in [-0.2, 0) is 0 Å². The van der Waals surface area contributed by atoms with Crippen molar-refractivity contribution in [2.45, 2.75) is 0 Å². The minimum Gasteiger partial charge on any atom is -0.454 e. The summed E-state index contributed by atoms with van der Waals surface area (Å²) < 4.78 is 10.2. The van der Waals surface area contributed by atoms with Crippen molar-refractivity contribution >= 4 is 0 Å². The molecule has 0 spiro atoms. The molecule has 0 saturated carbocycles. The van der Waals surface area contributed by atoms with Crippen molar-refractivity contribution < 1.29 is 9.47 Å². The number of benzene rings is 1. The minimum atomic E-state index is 0.248. The predicted octanol–water partition coefficient (Wildman–Crippen LogP) is 1.53. The average molecular weight is 146 g/mol. The molecule has 1 aromatic rings. The Kier molecular flexibility index (Phi) is 1.28. The zero-order valence-electron chi connectivity index (χ0n) is 5.83. The Morgan fingerprint density at radius 1 is 1.00 bits per heavy atom. The van der Waals surface area contributed by atoms with Crippen LogP contribution in [0.2, 0.25) is 0 Å². The summed E-state index contributed by atoms with van der Waals surface area (Å²) in [6.45, 7) is 11.3. The highest BCUT2D eigenvalue weighted by Gasteiger charge is 2.13. The van der Waals surface area contributed by atoms with Crippen LogP contribution in [0.1, 0.15) is 11.1 Å². The maximum Gasteiger partial charge on any atom is 0.231 e. The van der Waals surface area contributed by atoms with Gasteiger partial charge in [0.05, 0.1) is 0 Å². The molecule has 0 amide bonds. The zero-order chi connectivity index (χ0) is 7.84. The van der Waals surface area contributed by atoms with E-state index in [2.05, 4.69) is 0 Å². The van der Waals surface area contributed by atoms with Gasteiger partial charge in [0, 0.05) is 0 Å². The normalized spacial score (nSPS) is 13.6. The van der Waals surface area contributed by atoms with Crippen molar-refractivity contribution in [2.75, 3.05) is 6.79 Å². The molecule has 0 unspecified atom stereocenters. The van der Waals surface area contributed by atoms with E-state index in [-0.39, 0.29) is 6.79 Å². The van der Waals surface area contributed by atoms with Gasteiger partial charge in [-0.2, -0.15) is 0 Å². The molecule has 11 heavy (non-hydrogen) atoms. The second-order valence-electron chi connectivity index (χ2n) is 2.33. The predicted molar refractivity (Wildman–Crippen MR) is 39.4 cm³/mol. The topological polar surface area (TPSA) is 18.5 Å². The Hall–Kier alpha value is -1.18. The van der Waals surface area contributed by atoms with Crippen LogP contribution in [0.5, 0.6) is 11.5 Å². The molecule has 0 N–H and O–H groups in total. The molecule has 0 bridgehead atoms. The van der Waals surface area contributed by atoms with Crippen LogP contribution in [0.25, 0.3) is 0 Å². The summed E-state index contributed by atoms with van der Waals surface area (Å²) in [5.74, 6) is 1.33. The first-order chi connectivity index (χ1) is 5.27. The Morgan fingerprint density at radius 3 is 1.91 bits per heavy atom. The molecule has 2 nitrogen and oxygen atoms in total. The lowest BCUT2D eigenvalue weighted by Gasteiger charge is -2.00. The molecule has 0 fully saturated rings. The highest BCUT2D eigenvalue weighted by molar-refractivity contribution is 5.50. The molecular formula is C9H6O2. The van der Waals surface area contributed by atoms with Gasteiger partial charge in [-0.25, -0.2) is 0 Å². The second kappa shape index (κ2) is 2.16. The van der Waals surface area contributed by atoms with E-state index in [9.17, 15) is 0 Å². The van der Waals surface area contributed by atoms with Crippen molar-refractivity contribution in [2.24, 2.45) is 0 Å². The summed E-state index contributed by atoms with van der Waals surface area (Å²) in [4.78, 5) is 0. The minimum absolute atomic E-state index is 0.248. The summed E-state index contributed by atoms with van der Waals surface area (Å²) >= 11 is 0. The van der Waals surface area contributed by atoms with E-state index in [0.717, 1.165) is 0 Å². The monoisotopic (exact) mass is 146 g/mol. The van der Waals surface area contributed by atoms with Gasteiger partial charge >= 0.3 is 0 Å². The molecule has 0 aliphatic carbocycles. The highest BCUT2D eigenvalue weighted by atomic mass is 16.7. The van der Waals surface area contributed by atoms with Crippen LogP contribution in [0.3, 0.4) is 0 Å². The van der Waals surface area contributed by atoms with Crippen molar-refractivity contribution in [1.29, 1.82) is 0 Å². The fourth-order valence-electron chi connectivity index (χ4n) is 0.973. The van der Waals surface area contributed by atoms with Gasteiger partial charge in [0.1, 0.15) is 0 Å². The van der Waals surface area contributed by atoms with E-state index in [1.807, 2.05) is 0 Å². The summed E-state index contributed by atoms with van der Waals surface area (Å²) in [5.41, 5.74) is 1.04. The average Bonchev–Trinajstić information content (AvgIpc) is 2.36. The Balaban J connectivity index is 2.57. The second-order valence-corrected chi connectivity index (χ2v) is 2.33. The van der Waals surface area contributed by atoms with E-state index in [4.69, 9.17) is 23.3 Å². The van der Waals surface area contributed by atoms with Gasteiger partial charge in [0.2, 0.25) is 6.79 Å². The number of hydrogen-bond acceptors (Lipinski definition) is 2. The van der Waals surface area contributed by atoms with Crippen molar-refractivity contribution in [3.63, 3.8) is 0 Å². The molecule has 0 atom stereocenters. The number of fused-ring (bicyclic) bond motifs is 1. The van der Waals surface area contributed by atoms with Crippen molar-refractivity contribution in [3.05, 3.63) is 37.1 Å². The fraction of sp³-hybridized carbons (Fsp3) is 0.111. The van der Waals surface area contributed by atoms with Crippen LogP contribution in [-0.4, -0.2) is 6.79 Å². The van der Waals surface area contributed by atoms with E-state index in [0.29, 0.717) is 22.6 Å². The van der Waals surface area contributed by atoms with E-state index >= 15 is 0 Å². The molecule has 1 aliphatic heterocycles. The molecule has 1 heterocycles. The van der Waals surface area contributed by atoms with E-state index in [1.54, 1.807) is 12.1 Å². The first-order valence-corrected chi connectivity index (χ1v) is 3.22. The van der Waals surface area contributed by atoms with Gasteiger partial charge in [0.15, 0.2) is 11.5 Å². The molecule has 4 radical (unpaired) electrons. The van der Waals surface area contributed by atoms with E-state index in [1.165, 1.54) is 0 Å². The Labute approximate surface area is 65.7 Å². The first kappa shape index (κ1) is 6.53. The van der Waals surface area contributed by atoms with Gasteiger partial charge < -0.3 is 9.47 Å². The molecule has 1 aromatic carbocycles. The lowest BCUT2D eigenvalue weighted by Crippen LogP contribution is -1.92. The maximum atomic E-state index is 5.53. The van der Waals surface area contributed by atoms with Crippen molar-refractivity contribution in [3.8, 4) is 11.5 Å². The van der Waals surface area contributed by atoms with Crippen LogP contribution < -0.4 is 9.47 Å². The summed E-state index contributed by atoms with van der Waals surface area (Å²) in [5, 5.41) is 0. The third-order valence-electron chi connectivity index (χ3n) is 1.58. The molecule has 0 saturated heterocycles.